The van der Waals surface area contributed by atoms with E-state index < -0.39 is 5.92 Å². The third kappa shape index (κ3) is 2.21. The number of likely N-dealkylation sites (N-methyl/N-ethyl adjacent to an activating group) is 2. The minimum absolute atomic E-state index is 0.0381. The van der Waals surface area contributed by atoms with Crippen molar-refractivity contribution in [2.45, 2.75) is 13.3 Å². The van der Waals surface area contributed by atoms with E-state index in [2.05, 4.69) is 4.90 Å². The number of carbonyl (C=O) groups excluding carboxylic acids is 3. The first kappa shape index (κ1) is 16.6. The Kier molecular flexibility index (Phi) is 3.72. The van der Waals surface area contributed by atoms with E-state index >= 15 is 0 Å². The lowest BCUT2D eigenvalue weighted by Crippen LogP contribution is -2.39. The van der Waals surface area contributed by atoms with Crippen molar-refractivity contribution in [3.8, 4) is 0 Å². The summed E-state index contributed by atoms with van der Waals surface area (Å²) in [5.74, 6) is -1.40. The molecule has 0 unspecified atom stereocenters. The van der Waals surface area contributed by atoms with E-state index in [0.717, 1.165) is 24.5 Å². The molecule has 4 rings (SSSR count). The van der Waals surface area contributed by atoms with Crippen molar-refractivity contribution < 1.29 is 14.4 Å². The molecule has 1 aromatic carbocycles. The Morgan fingerprint density at radius 3 is 2.19 bits per heavy atom. The monoisotopic (exact) mass is 351 g/mol. The molecule has 1 atom stereocenters. The highest BCUT2D eigenvalue weighted by Gasteiger charge is 2.48. The number of nitrogens with zero attached hydrogens (tertiary/aromatic N) is 3. The molecule has 1 aliphatic carbocycles. The molecular weight excluding hydrogens is 330 g/mol. The van der Waals surface area contributed by atoms with Gasteiger partial charge in [-0.15, -0.1) is 0 Å². The molecule has 0 spiro atoms. The van der Waals surface area contributed by atoms with Gasteiger partial charge in [0.15, 0.2) is 5.78 Å². The Bertz CT molecular complexity index is 885. The second-order valence-electron chi connectivity index (χ2n) is 7.07. The van der Waals surface area contributed by atoms with Crippen LogP contribution in [0.1, 0.15) is 13.3 Å². The molecule has 6 nitrogen and oxygen atoms in total. The largest absolute Gasteiger partial charge is 0.371 e. The van der Waals surface area contributed by atoms with Gasteiger partial charge >= 0.3 is 0 Å². The van der Waals surface area contributed by atoms with E-state index in [9.17, 15) is 14.4 Å². The number of benzene rings is 1. The summed E-state index contributed by atoms with van der Waals surface area (Å²) >= 11 is 0. The van der Waals surface area contributed by atoms with Gasteiger partial charge in [0, 0.05) is 44.8 Å². The van der Waals surface area contributed by atoms with Gasteiger partial charge in [-0.25, -0.2) is 0 Å². The molecule has 0 aromatic heterocycles. The molecule has 0 saturated carbocycles. The standard InChI is InChI=1S/C20H21N3O3/c1-12-17-18(22(3)10-9-21(17)2)16(19(12)25)14-11-15(24)23(20(14)26)13-7-5-4-6-8-13/h4-8,14H,9-11H2,1-3H3/t14-/m0/s1. The van der Waals surface area contributed by atoms with Gasteiger partial charge in [0.05, 0.1) is 23.0 Å². The van der Waals surface area contributed by atoms with Gasteiger partial charge in [-0.2, -0.15) is 0 Å². The predicted molar refractivity (Wildman–Crippen MR) is 97.0 cm³/mol. The van der Waals surface area contributed by atoms with E-state index in [1.165, 1.54) is 4.90 Å². The number of hydrogen-bond acceptors (Lipinski definition) is 5. The van der Waals surface area contributed by atoms with Crippen molar-refractivity contribution in [3.63, 3.8) is 0 Å². The van der Waals surface area contributed by atoms with Gasteiger partial charge in [-0.3, -0.25) is 19.3 Å². The van der Waals surface area contributed by atoms with E-state index in [1.54, 1.807) is 31.2 Å². The minimum Gasteiger partial charge on any atom is -0.371 e. The van der Waals surface area contributed by atoms with Crippen LogP contribution in [0.2, 0.25) is 0 Å². The summed E-state index contributed by atoms with van der Waals surface area (Å²) in [6.07, 6.45) is 0.0381. The Morgan fingerprint density at radius 1 is 0.923 bits per heavy atom. The van der Waals surface area contributed by atoms with Crippen LogP contribution in [0, 0.1) is 5.92 Å². The van der Waals surface area contributed by atoms with Crippen LogP contribution in [0.15, 0.2) is 52.9 Å². The van der Waals surface area contributed by atoms with Gasteiger partial charge in [0.25, 0.3) is 0 Å². The van der Waals surface area contributed by atoms with Crippen LogP contribution in [0.25, 0.3) is 0 Å². The zero-order valence-corrected chi connectivity index (χ0v) is 15.2. The number of Topliss-reactive ketones (excluding diaryl/α,β-unsaturated/α-hetero) is 1. The van der Waals surface area contributed by atoms with Gasteiger partial charge in [-0.05, 0) is 19.1 Å². The summed E-state index contributed by atoms with van der Waals surface area (Å²) < 4.78 is 0. The normalized spacial score (nSPS) is 23.6. The first-order valence-corrected chi connectivity index (χ1v) is 8.76. The molecule has 2 saturated heterocycles. The number of piperazine rings is 1. The summed E-state index contributed by atoms with van der Waals surface area (Å²) in [6.45, 7) is 3.40. The molecule has 2 aliphatic heterocycles. The lowest BCUT2D eigenvalue weighted by atomic mass is 9.93. The number of amides is 2. The zero-order chi connectivity index (χ0) is 18.6. The number of carbonyl (C=O) groups is 3. The molecule has 1 aromatic rings. The number of para-hydroxylation sites is 1. The third-order valence-corrected chi connectivity index (χ3v) is 5.46. The fourth-order valence-electron chi connectivity index (χ4n) is 4.13. The molecule has 2 fully saturated rings. The molecule has 0 N–H and O–H groups in total. The number of rotatable bonds is 2. The highest BCUT2D eigenvalue weighted by atomic mass is 16.2. The molecule has 0 bridgehead atoms. The lowest BCUT2D eigenvalue weighted by molar-refractivity contribution is -0.123. The van der Waals surface area contributed by atoms with Gasteiger partial charge in [0.2, 0.25) is 11.8 Å². The average molecular weight is 351 g/mol. The van der Waals surface area contributed by atoms with Crippen LogP contribution in [-0.4, -0.2) is 54.6 Å². The van der Waals surface area contributed by atoms with Crippen molar-refractivity contribution in [2.24, 2.45) is 5.92 Å². The molecule has 6 heteroatoms. The Balaban J connectivity index is 1.78. The van der Waals surface area contributed by atoms with E-state index in [0.29, 0.717) is 16.8 Å². The Hall–Kier alpha value is -2.89. The van der Waals surface area contributed by atoms with Crippen LogP contribution in [0.5, 0.6) is 0 Å². The zero-order valence-electron chi connectivity index (χ0n) is 15.2. The van der Waals surface area contributed by atoms with E-state index in [1.807, 2.05) is 25.1 Å². The van der Waals surface area contributed by atoms with Crippen molar-refractivity contribution in [1.82, 2.24) is 9.80 Å². The first-order chi connectivity index (χ1) is 12.4. The number of imide groups is 1. The van der Waals surface area contributed by atoms with Gasteiger partial charge < -0.3 is 9.80 Å². The van der Waals surface area contributed by atoms with Crippen molar-refractivity contribution in [2.75, 3.05) is 32.1 Å². The number of anilines is 1. The summed E-state index contributed by atoms with van der Waals surface area (Å²) in [4.78, 5) is 44.0. The Morgan fingerprint density at radius 2 is 1.54 bits per heavy atom. The SMILES string of the molecule is CC1=C2C(=C([C@@H]3CC(=O)N(c4ccccc4)C3=O)C1=O)N(C)CCN2C. The van der Waals surface area contributed by atoms with Gasteiger partial charge in [0.1, 0.15) is 0 Å². The quantitative estimate of drug-likeness (QED) is 0.757. The third-order valence-electron chi connectivity index (χ3n) is 5.46. The summed E-state index contributed by atoms with van der Waals surface area (Å²) in [5, 5.41) is 0. The minimum atomic E-state index is -0.716. The van der Waals surface area contributed by atoms with Crippen LogP contribution in [-0.2, 0) is 14.4 Å². The van der Waals surface area contributed by atoms with Crippen LogP contribution >= 0.6 is 0 Å². The maximum atomic E-state index is 13.1. The van der Waals surface area contributed by atoms with Crippen molar-refractivity contribution in [1.29, 1.82) is 0 Å². The molecule has 2 amide bonds. The summed E-state index contributed by atoms with van der Waals surface area (Å²) in [5.41, 5.74) is 3.38. The maximum Gasteiger partial charge on any atom is 0.242 e. The van der Waals surface area contributed by atoms with Crippen molar-refractivity contribution >= 4 is 23.3 Å². The molecule has 2 heterocycles. The second kappa shape index (κ2) is 5.83. The molecule has 134 valence electrons. The molecule has 3 aliphatic rings. The number of ketones is 1. The highest BCUT2D eigenvalue weighted by Crippen LogP contribution is 2.42. The summed E-state index contributed by atoms with van der Waals surface area (Å²) in [6, 6.07) is 8.90. The predicted octanol–water partition coefficient (Wildman–Crippen LogP) is 1.55. The second-order valence-corrected chi connectivity index (χ2v) is 7.07. The van der Waals surface area contributed by atoms with E-state index in [4.69, 9.17) is 0 Å². The lowest BCUT2D eigenvalue weighted by Gasteiger charge is -2.37. The molecule has 26 heavy (non-hydrogen) atoms. The van der Waals surface area contributed by atoms with E-state index in [-0.39, 0.29) is 24.0 Å². The van der Waals surface area contributed by atoms with Crippen molar-refractivity contribution in [3.05, 3.63) is 52.9 Å². The number of fused-ring (bicyclic) bond motifs is 1. The first-order valence-electron chi connectivity index (χ1n) is 8.76. The van der Waals surface area contributed by atoms with Crippen LogP contribution < -0.4 is 4.90 Å². The van der Waals surface area contributed by atoms with Gasteiger partial charge in [-0.1, -0.05) is 18.2 Å². The fourth-order valence-corrected chi connectivity index (χ4v) is 4.13. The Labute approximate surface area is 152 Å². The molecule has 0 radical (unpaired) electrons. The summed E-state index contributed by atoms with van der Waals surface area (Å²) in [7, 11) is 3.89. The number of allylic oxidation sites excluding steroid dienone is 1. The number of hydrogen-bond donors (Lipinski definition) is 0. The highest BCUT2D eigenvalue weighted by molar-refractivity contribution is 6.26. The molecular formula is C20H21N3O3. The average Bonchev–Trinajstić information content (AvgIpc) is 3.06. The fraction of sp³-hybridized carbons (Fsp3) is 0.350. The van der Waals surface area contributed by atoms with Crippen LogP contribution in [0.3, 0.4) is 0 Å². The topological polar surface area (TPSA) is 60.9 Å². The smallest absolute Gasteiger partial charge is 0.242 e. The van der Waals surface area contributed by atoms with Crippen LogP contribution in [0.4, 0.5) is 5.69 Å². The maximum absolute atomic E-state index is 13.1.